The van der Waals surface area contributed by atoms with E-state index in [2.05, 4.69) is 24.1 Å². The highest BCUT2D eigenvalue weighted by Gasteiger charge is 2.35. The molecule has 0 amide bonds. The average molecular weight is 242 g/mol. The SMILES string of the molecule is COC1(CN2C[C@@H](C)O[C@@H](C)C2)CCNCC1. The number of nitrogens with zero attached hydrogens (tertiary/aromatic N) is 1. The third-order valence-corrected chi connectivity index (χ3v) is 3.95. The number of rotatable bonds is 3. The summed E-state index contributed by atoms with van der Waals surface area (Å²) in [6.45, 7) is 9.57. The van der Waals surface area contributed by atoms with Crippen LogP contribution in [0.5, 0.6) is 0 Å². The molecule has 0 unspecified atom stereocenters. The summed E-state index contributed by atoms with van der Waals surface area (Å²) in [5.41, 5.74) is 0.0576. The van der Waals surface area contributed by atoms with Crippen LogP contribution in [0.1, 0.15) is 26.7 Å². The van der Waals surface area contributed by atoms with Crippen molar-refractivity contribution >= 4 is 0 Å². The van der Waals surface area contributed by atoms with Crippen LogP contribution in [-0.2, 0) is 9.47 Å². The molecule has 0 spiro atoms. The van der Waals surface area contributed by atoms with Gasteiger partial charge in [-0.1, -0.05) is 0 Å². The predicted molar refractivity (Wildman–Crippen MR) is 68.3 cm³/mol. The Hall–Kier alpha value is -0.160. The first-order valence-corrected chi connectivity index (χ1v) is 6.77. The molecule has 2 atom stereocenters. The van der Waals surface area contributed by atoms with Gasteiger partial charge in [0, 0.05) is 26.7 Å². The molecule has 2 heterocycles. The number of piperidine rings is 1. The van der Waals surface area contributed by atoms with Crippen molar-refractivity contribution in [2.45, 2.75) is 44.5 Å². The van der Waals surface area contributed by atoms with Gasteiger partial charge in [0.1, 0.15) is 0 Å². The van der Waals surface area contributed by atoms with Gasteiger partial charge in [-0.25, -0.2) is 0 Å². The second-order valence-corrected chi connectivity index (χ2v) is 5.59. The maximum atomic E-state index is 5.83. The summed E-state index contributed by atoms with van der Waals surface area (Å²) >= 11 is 0. The standard InChI is InChI=1S/C13H26N2O2/c1-11-8-15(9-12(2)17-11)10-13(16-3)4-6-14-7-5-13/h11-12,14H,4-10H2,1-3H3/t11-,12+. The minimum atomic E-state index is 0.0576. The molecule has 0 aliphatic carbocycles. The van der Waals surface area contributed by atoms with Crippen molar-refractivity contribution in [2.24, 2.45) is 0 Å². The molecule has 0 saturated carbocycles. The van der Waals surface area contributed by atoms with Crippen molar-refractivity contribution in [2.75, 3.05) is 39.8 Å². The fourth-order valence-corrected chi connectivity index (χ4v) is 3.13. The van der Waals surface area contributed by atoms with Crippen LogP contribution in [0.25, 0.3) is 0 Å². The molecule has 0 aromatic carbocycles. The van der Waals surface area contributed by atoms with E-state index >= 15 is 0 Å². The number of morpholine rings is 1. The highest BCUT2D eigenvalue weighted by molar-refractivity contribution is 4.90. The smallest absolute Gasteiger partial charge is 0.0829 e. The van der Waals surface area contributed by atoms with E-state index in [9.17, 15) is 0 Å². The van der Waals surface area contributed by atoms with Gasteiger partial charge >= 0.3 is 0 Å². The molecule has 4 heteroatoms. The van der Waals surface area contributed by atoms with Crippen LogP contribution in [0, 0.1) is 0 Å². The third-order valence-electron chi connectivity index (χ3n) is 3.95. The molecule has 2 saturated heterocycles. The molecule has 4 nitrogen and oxygen atoms in total. The van der Waals surface area contributed by atoms with Crippen molar-refractivity contribution in [3.63, 3.8) is 0 Å². The van der Waals surface area contributed by atoms with Gasteiger partial charge in [0.15, 0.2) is 0 Å². The molecule has 1 N–H and O–H groups in total. The highest BCUT2D eigenvalue weighted by Crippen LogP contribution is 2.25. The summed E-state index contributed by atoms with van der Waals surface area (Å²) in [5.74, 6) is 0. The molecule has 0 aromatic heterocycles. The lowest BCUT2D eigenvalue weighted by molar-refractivity contribution is -0.108. The second-order valence-electron chi connectivity index (χ2n) is 5.59. The normalized spacial score (nSPS) is 34.8. The number of hydrogen-bond donors (Lipinski definition) is 1. The van der Waals surface area contributed by atoms with E-state index in [0.717, 1.165) is 45.6 Å². The maximum Gasteiger partial charge on any atom is 0.0829 e. The zero-order valence-electron chi connectivity index (χ0n) is 11.4. The first-order chi connectivity index (χ1) is 8.13. The first-order valence-electron chi connectivity index (χ1n) is 6.77. The van der Waals surface area contributed by atoms with Gasteiger partial charge < -0.3 is 14.8 Å². The first kappa shape index (κ1) is 13.3. The Morgan fingerprint density at radius 2 is 1.82 bits per heavy atom. The summed E-state index contributed by atoms with van der Waals surface area (Å²) in [5, 5.41) is 3.41. The predicted octanol–water partition coefficient (Wildman–Crippen LogP) is 0.864. The lowest BCUT2D eigenvalue weighted by atomic mass is 9.91. The van der Waals surface area contributed by atoms with Crippen LogP contribution in [0.2, 0.25) is 0 Å². The molecule has 0 aromatic rings. The minimum absolute atomic E-state index is 0.0576. The van der Waals surface area contributed by atoms with E-state index < -0.39 is 0 Å². The van der Waals surface area contributed by atoms with E-state index in [4.69, 9.17) is 9.47 Å². The van der Waals surface area contributed by atoms with E-state index in [1.54, 1.807) is 0 Å². The van der Waals surface area contributed by atoms with Crippen molar-refractivity contribution < 1.29 is 9.47 Å². The minimum Gasteiger partial charge on any atom is -0.377 e. The molecule has 0 bridgehead atoms. The van der Waals surface area contributed by atoms with Gasteiger partial charge in [-0.3, -0.25) is 4.90 Å². The molecular weight excluding hydrogens is 216 g/mol. The molecular formula is C13H26N2O2. The van der Waals surface area contributed by atoms with Gasteiger partial charge in [0.05, 0.1) is 17.8 Å². The molecule has 2 fully saturated rings. The number of nitrogens with one attached hydrogen (secondary N) is 1. The van der Waals surface area contributed by atoms with Crippen LogP contribution in [0.15, 0.2) is 0 Å². The van der Waals surface area contributed by atoms with E-state index in [1.807, 2.05) is 7.11 Å². The summed E-state index contributed by atoms with van der Waals surface area (Å²) in [6.07, 6.45) is 2.91. The Labute approximate surface area is 105 Å². The number of hydrogen-bond acceptors (Lipinski definition) is 4. The van der Waals surface area contributed by atoms with Crippen molar-refractivity contribution in [3.8, 4) is 0 Å². The Morgan fingerprint density at radius 1 is 1.24 bits per heavy atom. The summed E-state index contributed by atoms with van der Waals surface area (Å²) in [4.78, 5) is 2.51. The summed E-state index contributed by atoms with van der Waals surface area (Å²) < 4.78 is 11.6. The van der Waals surface area contributed by atoms with Crippen molar-refractivity contribution in [1.29, 1.82) is 0 Å². The van der Waals surface area contributed by atoms with Gasteiger partial charge in [-0.05, 0) is 39.8 Å². The van der Waals surface area contributed by atoms with E-state index in [-0.39, 0.29) is 5.60 Å². The largest absolute Gasteiger partial charge is 0.377 e. The Balaban J connectivity index is 1.93. The molecule has 2 aliphatic heterocycles. The quantitative estimate of drug-likeness (QED) is 0.796. The average Bonchev–Trinajstić information content (AvgIpc) is 2.29. The Morgan fingerprint density at radius 3 is 2.35 bits per heavy atom. The van der Waals surface area contributed by atoms with Crippen LogP contribution >= 0.6 is 0 Å². The van der Waals surface area contributed by atoms with Crippen molar-refractivity contribution in [1.82, 2.24) is 10.2 Å². The summed E-state index contributed by atoms with van der Waals surface area (Å²) in [7, 11) is 1.86. The maximum absolute atomic E-state index is 5.83. The Kier molecular flexibility index (Phi) is 4.42. The van der Waals surface area contributed by atoms with Crippen LogP contribution < -0.4 is 5.32 Å². The molecule has 2 aliphatic rings. The fourth-order valence-electron chi connectivity index (χ4n) is 3.13. The summed E-state index contributed by atoms with van der Waals surface area (Å²) in [6, 6.07) is 0. The van der Waals surface area contributed by atoms with Gasteiger partial charge in [0.25, 0.3) is 0 Å². The fraction of sp³-hybridized carbons (Fsp3) is 1.00. The number of ether oxygens (including phenoxy) is 2. The van der Waals surface area contributed by atoms with Gasteiger partial charge in [0.2, 0.25) is 0 Å². The topological polar surface area (TPSA) is 33.7 Å². The second kappa shape index (κ2) is 5.65. The molecule has 100 valence electrons. The van der Waals surface area contributed by atoms with E-state index in [0.29, 0.717) is 12.2 Å². The van der Waals surface area contributed by atoms with Crippen LogP contribution in [-0.4, -0.2) is 62.5 Å². The highest BCUT2D eigenvalue weighted by atomic mass is 16.5. The third kappa shape index (κ3) is 3.41. The van der Waals surface area contributed by atoms with Crippen molar-refractivity contribution in [3.05, 3.63) is 0 Å². The number of methoxy groups -OCH3 is 1. The monoisotopic (exact) mass is 242 g/mol. The molecule has 2 rings (SSSR count). The lowest BCUT2D eigenvalue weighted by Crippen LogP contribution is -2.55. The molecule has 0 radical (unpaired) electrons. The zero-order valence-corrected chi connectivity index (χ0v) is 11.4. The zero-order chi connectivity index (χ0) is 12.3. The lowest BCUT2D eigenvalue weighted by Gasteiger charge is -2.43. The van der Waals surface area contributed by atoms with Crippen LogP contribution in [0.3, 0.4) is 0 Å². The molecule has 17 heavy (non-hydrogen) atoms. The Bertz CT molecular complexity index is 232. The van der Waals surface area contributed by atoms with E-state index in [1.165, 1.54) is 0 Å². The van der Waals surface area contributed by atoms with Crippen LogP contribution in [0.4, 0.5) is 0 Å². The van der Waals surface area contributed by atoms with Gasteiger partial charge in [-0.2, -0.15) is 0 Å². The van der Waals surface area contributed by atoms with Gasteiger partial charge in [-0.15, -0.1) is 0 Å².